The van der Waals surface area contributed by atoms with E-state index in [1.807, 2.05) is 43.3 Å². The van der Waals surface area contributed by atoms with Crippen molar-refractivity contribution in [2.75, 3.05) is 17.7 Å². The second-order valence-electron chi connectivity index (χ2n) is 6.30. The summed E-state index contributed by atoms with van der Waals surface area (Å²) in [4.78, 5) is 17.5. The number of benzene rings is 2. The van der Waals surface area contributed by atoms with Gasteiger partial charge >= 0.3 is 0 Å². The Hall–Kier alpha value is -3.32. The van der Waals surface area contributed by atoms with E-state index < -0.39 is 6.04 Å². The van der Waals surface area contributed by atoms with Gasteiger partial charge in [-0.05, 0) is 36.8 Å². The largest absolute Gasteiger partial charge is 0.497 e. The molecule has 28 heavy (non-hydrogen) atoms. The lowest BCUT2D eigenvalue weighted by atomic mass is 9.95. The van der Waals surface area contributed by atoms with E-state index in [9.17, 15) is 4.79 Å². The van der Waals surface area contributed by atoms with Gasteiger partial charge in [0.2, 0.25) is 5.95 Å². The van der Waals surface area contributed by atoms with Crippen LogP contribution in [-0.4, -0.2) is 27.8 Å². The molecule has 0 fully saturated rings. The molecule has 0 bridgehead atoms. The Morgan fingerprint density at radius 2 is 1.96 bits per heavy atom. The fourth-order valence-electron chi connectivity index (χ4n) is 3.23. The normalized spacial score (nSPS) is 15.6. The van der Waals surface area contributed by atoms with Crippen molar-refractivity contribution < 1.29 is 9.53 Å². The standard InChI is InChI=1S/C20H18ClN5O2/c1-12-17(19(27)25-16-6-4-3-5-15(16)21)18(26-20(24-12)22-11-23-26)13-7-9-14(28-2)10-8-13/h3-11,18H,1-2H3,(H,25,27)(H,22,23,24)/t18-/m1/s1. The second kappa shape index (κ2) is 7.36. The maximum absolute atomic E-state index is 13.2. The van der Waals surface area contributed by atoms with Crippen molar-refractivity contribution in [2.45, 2.75) is 13.0 Å². The average Bonchev–Trinajstić information content (AvgIpc) is 3.16. The maximum Gasteiger partial charge on any atom is 0.255 e. The number of hydrogen-bond acceptors (Lipinski definition) is 5. The highest BCUT2D eigenvalue weighted by atomic mass is 35.5. The Morgan fingerprint density at radius 3 is 2.68 bits per heavy atom. The number of anilines is 2. The number of halogens is 1. The number of hydrogen-bond donors (Lipinski definition) is 2. The summed E-state index contributed by atoms with van der Waals surface area (Å²) < 4.78 is 6.94. The minimum absolute atomic E-state index is 0.264. The fourth-order valence-corrected chi connectivity index (χ4v) is 3.41. The van der Waals surface area contributed by atoms with Gasteiger partial charge in [-0.2, -0.15) is 10.1 Å². The van der Waals surface area contributed by atoms with Gasteiger partial charge in [-0.15, -0.1) is 0 Å². The molecule has 1 aliphatic heterocycles. The third-order valence-corrected chi connectivity index (χ3v) is 4.92. The number of nitrogens with one attached hydrogen (secondary N) is 2. The number of ether oxygens (including phenoxy) is 1. The maximum atomic E-state index is 13.2. The SMILES string of the molecule is COc1ccc([C@@H]2C(C(=O)Nc3ccccc3Cl)=C(C)Nc3ncnn32)cc1. The van der Waals surface area contributed by atoms with Crippen LogP contribution in [0.15, 0.2) is 66.1 Å². The van der Waals surface area contributed by atoms with Gasteiger partial charge in [-0.3, -0.25) is 4.79 Å². The first-order valence-corrected chi connectivity index (χ1v) is 9.03. The topological polar surface area (TPSA) is 81.1 Å². The van der Waals surface area contributed by atoms with Crippen molar-refractivity contribution in [3.05, 3.63) is 76.7 Å². The summed E-state index contributed by atoms with van der Waals surface area (Å²) in [6.07, 6.45) is 1.46. The molecule has 0 saturated heterocycles. The Bertz CT molecular complexity index is 1060. The smallest absolute Gasteiger partial charge is 0.255 e. The number of fused-ring (bicyclic) bond motifs is 1. The molecule has 1 aromatic heterocycles. The zero-order valence-electron chi connectivity index (χ0n) is 15.3. The molecule has 142 valence electrons. The number of carbonyl (C=O) groups excluding carboxylic acids is 1. The van der Waals surface area contributed by atoms with Gasteiger partial charge in [0.1, 0.15) is 18.1 Å². The molecule has 2 heterocycles. The van der Waals surface area contributed by atoms with Crippen molar-refractivity contribution in [2.24, 2.45) is 0 Å². The molecule has 1 amide bonds. The Morgan fingerprint density at radius 1 is 1.21 bits per heavy atom. The molecule has 0 saturated carbocycles. The summed E-state index contributed by atoms with van der Waals surface area (Å²) in [5.74, 6) is 1.05. The summed E-state index contributed by atoms with van der Waals surface area (Å²) in [6.45, 7) is 1.84. The second-order valence-corrected chi connectivity index (χ2v) is 6.71. The zero-order chi connectivity index (χ0) is 19.7. The molecule has 1 atom stereocenters. The molecule has 0 aliphatic carbocycles. The van der Waals surface area contributed by atoms with Crippen LogP contribution in [0.3, 0.4) is 0 Å². The van der Waals surface area contributed by atoms with Crippen LogP contribution in [0.2, 0.25) is 5.02 Å². The van der Waals surface area contributed by atoms with Crippen molar-refractivity contribution in [1.29, 1.82) is 0 Å². The van der Waals surface area contributed by atoms with Gasteiger partial charge in [0.25, 0.3) is 5.91 Å². The Labute approximate surface area is 167 Å². The molecular weight excluding hydrogens is 378 g/mol. The molecule has 1 aliphatic rings. The quantitative estimate of drug-likeness (QED) is 0.700. The molecule has 0 unspecified atom stereocenters. The molecule has 2 aromatic carbocycles. The van der Waals surface area contributed by atoms with Crippen LogP contribution in [0.1, 0.15) is 18.5 Å². The number of aromatic nitrogens is 3. The fraction of sp³-hybridized carbons (Fsp3) is 0.150. The highest BCUT2D eigenvalue weighted by Gasteiger charge is 2.33. The van der Waals surface area contributed by atoms with Gasteiger partial charge in [0, 0.05) is 5.70 Å². The highest BCUT2D eigenvalue weighted by Crippen LogP contribution is 2.36. The number of carbonyl (C=O) groups is 1. The van der Waals surface area contributed by atoms with Gasteiger partial charge < -0.3 is 15.4 Å². The minimum atomic E-state index is -0.438. The molecule has 4 rings (SSSR count). The highest BCUT2D eigenvalue weighted by molar-refractivity contribution is 6.33. The average molecular weight is 396 g/mol. The van der Waals surface area contributed by atoms with Gasteiger partial charge in [0.15, 0.2) is 0 Å². The van der Waals surface area contributed by atoms with E-state index >= 15 is 0 Å². The number of amides is 1. The molecule has 7 nitrogen and oxygen atoms in total. The Balaban J connectivity index is 1.76. The molecular formula is C20H18ClN5O2. The van der Waals surface area contributed by atoms with E-state index in [1.165, 1.54) is 6.33 Å². The predicted molar refractivity (Wildman–Crippen MR) is 108 cm³/mol. The summed E-state index contributed by atoms with van der Waals surface area (Å²) in [5.41, 5.74) is 2.67. The van der Waals surface area contributed by atoms with Crippen LogP contribution in [0, 0.1) is 0 Å². The summed E-state index contributed by atoms with van der Waals surface area (Å²) in [5, 5.41) is 10.8. The lowest BCUT2D eigenvalue weighted by Crippen LogP contribution is -2.31. The first-order valence-electron chi connectivity index (χ1n) is 8.65. The lowest BCUT2D eigenvalue weighted by Gasteiger charge is -2.29. The van der Waals surface area contributed by atoms with Crippen LogP contribution < -0.4 is 15.4 Å². The first-order chi connectivity index (χ1) is 13.6. The van der Waals surface area contributed by atoms with E-state index in [-0.39, 0.29) is 5.91 Å². The number of allylic oxidation sites excluding steroid dienone is 1. The van der Waals surface area contributed by atoms with E-state index in [4.69, 9.17) is 16.3 Å². The van der Waals surface area contributed by atoms with E-state index in [0.717, 1.165) is 11.3 Å². The molecule has 3 aromatic rings. The Kier molecular flexibility index (Phi) is 4.75. The van der Waals surface area contributed by atoms with Gasteiger partial charge in [-0.1, -0.05) is 35.9 Å². The van der Waals surface area contributed by atoms with Crippen LogP contribution >= 0.6 is 11.6 Å². The minimum Gasteiger partial charge on any atom is -0.497 e. The van der Waals surface area contributed by atoms with E-state index in [2.05, 4.69) is 20.7 Å². The van der Waals surface area contributed by atoms with Crippen molar-refractivity contribution in [1.82, 2.24) is 14.8 Å². The molecule has 8 heteroatoms. The summed E-state index contributed by atoms with van der Waals surface area (Å²) in [7, 11) is 1.61. The van der Waals surface area contributed by atoms with Crippen molar-refractivity contribution >= 4 is 29.1 Å². The number of rotatable bonds is 4. The first kappa shape index (κ1) is 18.1. The van der Waals surface area contributed by atoms with Crippen LogP contribution in [0.5, 0.6) is 5.75 Å². The monoisotopic (exact) mass is 395 g/mol. The van der Waals surface area contributed by atoms with Crippen molar-refractivity contribution in [3.63, 3.8) is 0 Å². The third-order valence-electron chi connectivity index (χ3n) is 4.59. The number of para-hydroxylation sites is 1. The van der Waals surface area contributed by atoms with E-state index in [0.29, 0.717) is 27.9 Å². The van der Waals surface area contributed by atoms with Gasteiger partial charge in [-0.25, -0.2) is 4.68 Å². The van der Waals surface area contributed by atoms with Crippen LogP contribution in [-0.2, 0) is 4.79 Å². The number of methoxy groups -OCH3 is 1. The van der Waals surface area contributed by atoms with E-state index in [1.54, 1.807) is 23.9 Å². The zero-order valence-corrected chi connectivity index (χ0v) is 16.1. The van der Waals surface area contributed by atoms with Crippen molar-refractivity contribution in [3.8, 4) is 5.75 Å². The molecule has 2 N–H and O–H groups in total. The predicted octanol–water partition coefficient (Wildman–Crippen LogP) is 3.87. The third kappa shape index (κ3) is 3.20. The van der Waals surface area contributed by atoms with Crippen LogP contribution in [0.25, 0.3) is 0 Å². The molecule has 0 spiro atoms. The lowest BCUT2D eigenvalue weighted by molar-refractivity contribution is -0.113. The number of nitrogens with zero attached hydrogens (tertiary/aromatic N) is 3. The summed E-state index contributed by atoms with van der Waals surface area (Å²) >= 11 is 6.21. The van der Waals surface area contributed by atoms with Crippen LogP contribution in [0.4, 0.5) is 11.6 Å². The molecule has 0 radical (unpaired) electrons. The van der Waals surface area contributed by atoms with Gasteiger partial charge in [0.05, 0.1) is 23.4 Å². The summed E-state index contributed by atoms with van der Waals surface area (Å²) in [6, 6.07) is 14.2.